The van der Waals surface area contributed by atoms with Crippen molar-refractivity contribution >= 4 is 50.4 Å². The molecule has 0 fully saturated rings. The van der Waals surface area contributed by atoms with Crippen molar-refractivity contribution in [3.8, 4) is 11.5 Å². The van der Waals surface area contributed by atoms with Crippen LogP contribution in [-0.2, 0) is 30.8 Å². The Morgan fingerprint density at radius 3 is 2.20 bits per heavy atom. The topological polar surface area (TPSA) is 128 Å². The number of fused-ring (bicyclic) bond motifs is 1. The molecule has 0 saturated carbocycles. The highest BCUT2D eigenvalue weighted by Crippen LogP contribution is 2.30. The van der Waals surface area contributed by atoms with Gasteiger partial charge in [0.1, 0.15) is 0 Å². The number of carbonyl (C=O) groups excluding carboxylic acids is 3. The Hall–Kier alpha value is -4.80. The third-order valence-corrected chi connectivity index (χ3v) is 7.40. The first-order chi connectivity index (χ1) is 19.6. The Bertz CT molecular complexity index is 1730. The van der Waals surface area contributed by atoms with Crippen LogP contribution in [0.2, 0.25) is 0 Å². The van der Waals surface area contributed by atoms with Gasteiger partial charge in [-0.1, -0.05) is 60.7 Å². The van der Waals surface area contributed by atoms with Gasteiger partial charge in [-0.25, -0.2) is 13.1 Å². The predicted octanol–water partition coefficient (Wildman–Crippen LogP) is 4.86. The smallest absolute Gasteiger partial charge is 0.308 e. The SMILES string of the molecule is CC(=O)Oc1ccc(/C=C/C(=O)Nc2cccc3c(S(=O)(=O)NCCc4ccccc4)cccc23)cc1OC(C)=O. The zero-order valence-electron chi connectivity index (χ0n) is 22.4. The van der Waals surface area contributed by atoms with E-state index in [1.165, 1.54) is 44.2 Å². The first kappa shape index (κ1) is 29.2. The fraction of sp³-hybridized carbons (Fsp3) is 0.129. The van der Waals surface area contributed by atoms with Gasteiger partial charge in [0.25, 0.3) is 0 Å². The van der Waals surface area contributed by atoms with Gasteiger partial charge in [0.2, 0.25) is 15.9 Å². The minimum atomic E-state index is -3.82. The van der Waals surface area contributed by atoms with Crippen LogP contribution in [0.4, 0.5) is 5.69 Å². The lowest BCUT2D eigenvalue weighted by Gasteiger charge is -2.12. The minimum absolute atomic E-state index is 0.0374. The van der Waals surface area contributed by atoms with Gasteiger partial charge in [0, 0.05) is 42.9 Å². The van der Waals surface area contributed by atoms with E-state index in [0.29, 0.717) is 28.4 Å². The zero-order valence-corrected chi connectivity index (χ0v) is 23.2. The molecule has 0 spiro atoms. The summed E-state index contributed by atoms with van der Waals surface area (Å²) in [6.45, 7) is 2.68. The van der Waals surface area contributed by atoms with Gasteiger partial charge in [-0.3, -0.25) is 14.4 Å². The molecule has 1 amide bonds. The summed E-state index contributed by atoms with van der Waals surface area (Å²) < 4.78 is 39.1. The molecule has 2 N–H and O–H groups in total. The average molecular weight is 573 g/mol. The molecule has 4 aromatic carbocycles. The van der Waals surface area contributed by atoms with Crippen LogP contribution in [0.3, 0.4) is 0 Å². The van der Waals surface area contributed by atoms with Gasteiger partial charge < -0.3 is 14.8 Å². The lowest BCUT2D eigenvalue weighted by Crippen LogP contribution is -2.26. The number of hydrogen-bond acceptors (Lipinski definition) is 7. The Labute approximate surface area is 237 Å². The number of hydrogen-bond donors (Lipinski definition) is 2. The van der Waals surface area contributed by atoms with Crippen LogP contribution in [0.1, 0.15) is 25.0 Å². The van der Waals surface area contributed by atoms with Gasteiger partial charge in [-0.05, 0) is 47.9 Å². The molecule has 41 heavy (non-hydrogen) atoms. The van der Waals surface area contributed by atoms with Crippen LogP contribution in [0.25, 0.3) is 16.8 Å². The van der Waals surface area contributed by atoms with Crippen LogP contribution >= 0.6 is 0 Å². The maximum atomic E-state index is 13.1. The monoisotopic (exact) mass is 572 g/mol. The van der Waals surface area contributed by atoms with E-state index in [0.717, 1.165) is 5.56 Å². The van der Waals surface area contributed by atoms with Gasteiger partial charge in [-0.15, -0.1) is 0 Å². The number of anilines is 1. The van der Waals surface area contributed by atoms with Crippen molar-refractivity contribution in [1.29, 1.82) is 0 Å². The Morgan fingerprint density at radius 1 is 0.780 bits per heavy atom. The van der Waals surface area contributed by atoms with E-state index in [9.17, 15) is 22.8 Å². The summed E-state index contributed by atoms with van der Waals surface area (Å²) in [6, 6.07) is 24.0. The molecule has 0 aromatic heterocycles. The fourth-order valence-electron chi connectivity index (χ4n) is 4.13. The lowest BCUT2D eigenvalue weighted by molar-refractivity contribution is -0.134. The minimum Gasteiger partial charge on any atom is -0.423 e. The number of sulfonamides is 1. The van der Waals surface area contributed by atoms with Crippen molar-refractivity contribution in [1.82, 2.24) is 4.72 Å². The van der Waals surface area contributed by atoms with E-state index in [1.54, 1.807) is 36.4 Å². The molecule has 0 radical (unpaired) electrons. The standard InChI is InChI=1S/C31H28N2O7S/c1-21(34)39-28-16-14-24(20-29(28)40-22(2)35)15-17-31(36)33-27-12-6-11-26-25(27)10-7-13-30(26)41(37,38)32-19-18-23-8-4-3-5-9-23/h3-17,20,32H,18-19H2,1-2H3,(H,33,36)/b17-15+. The molecule has 9 nitrogen and oxygen atoms in total. The highest BCUT2D eigenvalue weighted by atomic mass is 32.2. The average Bonchev–Trinajstić information content (AvgIpc) is 2.93. The van der Waals surface area contributed by atoms with Crippen LogP contribution in [0.15, 0.2) is 95.9 Å². The summed E-state index contributed by atoms with van der Waals surface area (Å²) in [5.74, 6) is -1.53. The van der Waals surface area contributed by atoms with E-state index >= 15 is 0 Å². The summed E-state index contributed by atoms with van der Waals surface area (Å²) in [5.41, 5.74) is 1.97. The van der Waals surface area contributed by atoms with Crippen LogP contribution in [0.5, 0.6) is 11.5 Å². The molecule has 4 aromatic rings. The van der Waals surface area contributed by atoms with Crippen molar-refractivity contribution in [2.24, 2.45) is 0 Å². The summed E-state index contributed by atoms with van der Waals surface area (Å²) in [6.07, 6.45) is 3.33. The van der Waals surface area contributed by atoms with Crippen LogP contribution in [-0.4, -0.2) is 32.8 Å². The first-order valence-corrected chi connectivity index (χ1v) is 14.2. The van der Waals surface area contributed by atoms with Crippen LogP contribution in [0, 0.1) is 0 Å². The molecule has 4 rings (SSSR count). The number of amides is 1. The second kappa shape index (κ2) is 13.0. The highest BCUT2D eigenvalue weighted by molar-refractivity contribution is 7.89. The van der Waals surface area contributed by atoms with Gasteiger partial charge in [0.05, 0.1) is 4.90 Å². The Kier molecular flexibility index (Phi) is 9.28. The first-order valence-electron chi connectivity index (χ1n) is 12.7. The van der Waals surface area contributed by atoms with Gasteiger partial charge in [0.15, 0.2) is 11.5 Å². The maximum Gasteiger partial charge on any atom is 0.308 e. The molecular weight excluding hydrogens is 544 g/mol. The quantitative estimate of drug-likeness (QED) is 0.158. The molecule has 0 atom stereocenters. The Balaban J connectivity index is 1.51. The maximum absolute atomic E-state index is 13.1. The van der Waals surface area contributed by atoms with Crippen molar-refractivity contribution in [3.63, 3.8) is 0 Å². The van der Waals surface area contributed by atoms with E-state index in [4.69, 9.17) is 9.47 Å². The summed E-state index contributed by atoms with van der Waals surface area (Å²) in [7, 11) is -3.82. The number of carbonyl (C=O) groups is 3. The number of esters is 2. The number of nitrogens with one attached hydrogen (secondary N) is 2. The molecule has 0 bridgehead atoms. The lowest BCUT2D eigenvalue weighted by atomic mass is 10.1. The summed E-state index contributed by atoms with van der Waals surface area (Å²) in [4.78, 5) is 35.7. The third-order valence-electron chi connectivity index (χ3n) is 5.88. The predicted molar refractivity (Wildman–Crippen MR) is 156 cm³/mol. The molecule has 210 valence electrons. The normalized spacial score (nSPS) is 11.4. The van der Waals surface area contributed by atoms with Crippen molar-refractivity contribution in [2.75, 3.05) is 11.9 Å². The number of rotatable bonds is 10. The second-order valence-corrected chi connectivity index (χ2v) is 10.7. The molecule has 0 heterocycles. The molecule has 0 aliphatic rings. The highest BCUT2D eigenvalue weighted by Gasteiger charge is 2.18. The van der Waals surface area contributed by atoms with Gasteiger partial charge in [-0.2, -0.15) is 0 Å². The van der Waals surface area contributed by atoms with E-state index < -0.39 is 27.9 Å². The molecule has 0 aliphatic carbocycles. The number of ether oxygens (including phenoxy) is 2. The molecular formula is C31H28N2O7S. The van der Waals surface area contributed by atoms with Gasteiger partial charge >= 0.3 is 11.9 Å². The third kappa shape index (κ3) is 7.87. The van der Waals surface area contributed by atoms with Crippen molar-refractivity contribution in [2.45, 2.75) is 25.2 Å². The molecule has 10 heteroatoms. The second-order valence-electron chi connectivity index (χ2n) is 9.01. The molecule has 0 aliphatic heterocycles. The van der Waals surface area contributed by atoms with E-state index in [1.807, 2.05) is 30.3 Å². The summed E-state index contributed by atoms with van der Waals surface area (Å²) in [5, 5.41) is 3.81. The summed E-state index contributed by atoms with van der Waals surface area (Å²) >= 11 is 0. The Morgan fingerprint density at radius 2 is 1.46 bits per heavy atom. The van der Waals surface area contributed by atoms with Crippen molar-refractivity contribution in [3.05, 3.63) is 102 Å². The van der Waals surface area contributed by atoms with Crippen molar-refractivity contribution < 1.29 is 32.3 Å². The zero-order chi connectivity index (χ0) is 29.4. The van der Waals surface area contributed by atoms with E-state index in [2.05, 4.69) is 10.0 Å². The fourth-order valence-corrected chi connectivity index (χ4v) is 5.38. The molecule has 0 unspecified atom stereocenters. The number of benzene rings is 4. The van der Waals surface area contributed by atoms with Crippen LogP contribution < -0.4 is 19.5 Å². The largest absolute Gasteiger partial charge is 0.423 e. The molecule has 0 saturated heterocycles. The van der Waals surface area contributed by atoms with E-state index in [-0.39, 0.29) is 22.9 Å².